The van der Waals surface area contributed by atoms with Crippen molar-refractivity contribution in [3.63, 3.8) is 0 Å². The molecular weight excluding hydrogens is 330 g/mol. The third-order valence-electron chi connectivity index (χ3n) is 3.99. The molecule has 1 aromatic carbocycles. The van der Waals surface area contributed by atoms with Crippen LogP contribution < -0.4 is 9.47 Å². The van der Waals surface area contributed by atoms with Crippen LogP contribution in [0.2, 0.25) is 0 Å². The summed E-state index contributed by atoms with van der Waals surface area (Å²) in [5, 5.41) is 0.915. The first kappa shape index (κ1) is 16.9. The van der Waals surface area contributed by atoms with E-state index in [4.69, 9.17) is 9.47 Å². The molecular formula is C16H21N3O4S. The molecule has 0 aliphatic carbocycles. The summed E-state index contributed by atoms with van der Waals surface area (Å²) in [6, 6.07) is 5.97. The summed E-state index contributed by atoms with van der Waals surface area (Å²) in [7, 11) is -3.13. The van der Waals surface area contributed by atoms with E-state index in [0.29, 0.717) is 38.5 Å². The molecule has 7 nitrogen and oxygen atoms in total. The fourth-order valence-corrected chi connectivity index (χ4v) is 3.60. The van der Waals surface area contributed by atoms with Crippen molar-refractivity contribution in [2.45, 2.75) is 25.9 Å². The molecule has 1 aliphatic rings. The number of benzene rings is 1. The third kappa shape index (κ3) is 3.93. The summed E-state index contributed by atoms with van der Waals surface area (Å²) in [4.78, 5) is 8.67. The second-order valence-corrected chi connectivity index (χ2v) is 7.77. The number of fused-ring (bicyclic) bond motifs is 1. The Morgan fingerprint density at radius 3 is 2.71 bits per heavy atom. The smallest absolute Gasteiger partial charge is 0.317 e. The molecule has 130 valence electrons. The highest BCUT2D eigenvalue weighted by atomic mass is 32.2. The minimum absolute atomic E-state index is 0.0736. The summed E-state index contributed by atoms with van der Waals surface area (Å²) in [6.45, 7) is 3.46. The third-order valence-corrected chi connectivity index (χ3v) is 5.29. The number of hydrogen-bond acceptors (Lipinski definition) is 6. The molecule has 3 rings (SSSR count). The maximum absolute atomic E-state index is 11.5. The fourth-order valence-electron chi connectivity index (χ4n) is 2.73. The van der Waals surface area contributed by atoms with Crippen molar-refractivity contribution >= 4 is 20.9 Å². The molecule has 0 saturated carbocycles. The Hall–Kier alpha value is -1.93. The van der Waals surface area contributed by atoms with Gasteiger partial charge in [-0.15, -0.1) is 0 Å². The van der Waals surface area contributed by atoms with E-state index < -0.39 is 10.0 Å². The van der Waals surface area contributed by atoms with Crippen molar-refractivity contribution < 1.29 is 17.9 Å². The van der Waals surface area contributed by atoms with Crippen LogP contribution in [0.25, 0.3) is 10.9 Å². The average molecular weight is 351 g/mol. The van der Waals surface area contributed by atoms with Crippen LogP contribution in [0, 0.1) is 0 Å². The van der Waals surface area contributed by atoms with Gasteiger partial charge in [0.15, 0.2) is 0 Å². The molecule has 0 unspecified atom stereocenters. The second kappa shape index (κ2) is 6.90. The van der Waals surface area contributed by atoms with E-state index in [-0.39, 0.29) is 6.10 Å². The Morgan fingerprint density at radius 1 is 1.29 bits per heavy atom. The van der Waals surface area contributed by atoms with Crippen molar-refractivity contribution in [1.29, 1.82) is 0 Å². The zero-order chi connectivity index (χ0) is 17.2. The van der Waals surface area contributed by atoms with Gasteiger partial charge in [-0.1, -0.05) is 0 Å². The van der Waals surface area contributed by atoms with Gasteiger partial charge in [-0.2, -0.15) is 4.98 Å². The maximum Gasteiger partial charge on any atom is 0.317 e. The molecule has 1 fully saturated rings. The van der Waals surface area contributed by atoms with Crippen molar-refractivity contribution in [2.24, 2.45) is 0 Å². The van der Waals surface area contributed by atoms with Crippen LogP contribution in [0.3, 0.4) is 0 Å². The number of piperidine rings is 1. The lowest BCUT2D eigenvalue weighted by atomic mass is 10.1. The molecule has 0 radical (unpaired) electrons. The van der Waals surface area contributed by atoms with Crippen LogP contribution in [-0.2, 0) is 10.0 Å². The minimum Gasteiger partial charge on any atom is -0.494 e. The predicted octanol–water partition coefficient (Wildman–Crippen LogP) is 1.83. The van der Waals surface area contributed by atoms with Crippen LogP contribution in [0.1, 0.15) is 19.8 Å². The number of hydrogen-bond donors (Lipinski definition) is 0. The van der Waals surface area contributed by atoms with E-state index in [0.717, 1.165) is 16.7 Å². The molecule has 0 spiro atoms. The Bertz CT molecular complexity index is 817. The molecule has 0 amide bonds. The van der Waals surface area contributed by atoms with Gasteiger partial charge in [0.25, 0.3) is 0 Å². The first-order chi connectivity index (χ1) is 11.5. The van der Waals surface area contributed by atoms with Gasteiger partial charge in [-0.3, -0.25) is 0 Å². The van der Waals surface area contributed by atoms with Crippen molar-refractivity contribution in [3.05, 3.63) is 24.4 Å². The lowest BCUT2D eigenvalue weighted by Gasteiger charge is -2.29. The number of rotatable bonds is 5. The molecule has 1 aliphatic heterocycles. The van der Waals surface area contributed by atoms with Gasteiger partial charge in [-0.25, -0.2) is 17.7 Å². The predicted molar refractivity (Wildman–Crippen MR) is 90.8 cm³/mol. The molecule has 0 bridgehead atoms. The van der Waals surface area contributed by atoms with E-state index in [1.807, 2.05) is 25.1 Å². The highest BCUT2D eigenvalue weighted by molar-refractivity contribution is 7.88. The van der Waals surface area contributed by atoms with E-state index in [2.05, 4.69) is 9.97 Å². The Morgan fingerprint density at radius 2 is 2.04 bits per heavy atom. The lowest BCUT2D eigenvalue weighted by molar-refractivity contribution is 0.125. The van der Waals surface area contributed by atoms with Gasteiger partial charge in [0.05, 0.1) is 18.4 Å². The Balaban J connectivity index is 1.69. The molecule has 0 atom stereocenters. The first-order valence-corrected chi connectivity index (χ1v) is 9.82. The van der Waals surface area contributed by atoms with Crippen molar-refractivity contribution in [1.82, 2.24) is 14.3 Å². The maximum atomic E-state index is 11.5. The second-order valence-electron chi connectivity index (χ2n) is 5.79. The van der Waals surface area contributed by atoms with Crippen LogP contribution in [0.4, 0.5) is 0 Å². The molecule has 1 saturated heterocycles. The summed E-state index contributed by atoms with van der Waals surface area (Å²) in [5.74, 6) is 0.760. The minimum atomic E-state index is -3.13. The standard InChI is InChI=1S/C16H21N3O4S/c1-3-22-14-5-4-12-11-17-16(18-15(12)10-14)23-13-6-8-19(9-7-13)24(2,20)21/h4-5,10-11,13H,3,6-9H2,1-2H3. The van der Waals surface area contributed by atoms with Crippen LogP contribution in [0.15, 0.2) is 24.4 Å². The Labute approximate surface area is 141 Å². The number of aromatic nitrogens is 2. The molecule has 2 heterocycles. The number of nitrogens with zero attached hydrogens (tertiary/aromatic N) is 3. The van der Waals surface area contributed by atoms with Gasteiger partial charge in [0, 0.05) is 30.7 Å². The van der Waals surface area contributed by atoms with Crippen LogP contribution in [0.5, 0.6) is 11.8 Å². The van der Waals surface area contributed by atoms with Crippen molar-refractivity contribution in [3.8, 4) is 11.8 Å². The SMILES string of the molecule is CCOc1ccc2cnc(OC3CCN(S(C)(=O)=O)CC3)nc2c1. The molecule has 1 aromatic heterocycles. The van der Waals surface area contributed by atoms with Crippen LogP contribution in [-0.4, -0.2) is 54.7 Å². The monoisotopic (exact) mass is 351 g/mol. The van der Waals surface area contributed by atoms with E-state index in [9.17, 15) is 8.42 Å². The average Bonchev–Trinajstić information content (AvgIpc) is 2.54. The highest BCUT2D eigenvalue weighted by Crippen LogP contribution is 2.22. The summed E-state index contributed by atoms with van der Waals surface area (Å²) >= 11 is 0. The van der Waals surface area contributed by atoms with Gasteiger partial charge in [-0.05, 0) is 31.9 Å². The summed E-state index contributed by atoms with van der Waals surface area (Å²) in [5.41, 5.74) is 0.763. The molecule has 24 heavy (non-hydrogen) atoms. The van der Waals surface area contributed by atoms with Crippen LogP contribution >= 0.6 is 0 Å². The van der Waals surface area contributed by atoms with Gasteiger partial charge >= 0.3 is 6.01 Å². The van der Waals surface area contributed by atoms with Crippen molar-refractivity contribution in [2.75, 3.05) is 26.0 Å². The summed E-state index contributed by atoms with van der Waals surface area (Å²) < 4.78 is 35.9. The quantitative estimate of drug-likeness (QED) is 0.817. The summed E-state index contributed by atoms with van der Waals surface area (Å²) in [6.07, 6.45) is 4.15. The molecule has 0 N–H and O–H groups in total. The van der Waals surface area contributed by atoms with E-state index in [1.165, 1.54) is 10.6 Å². The lowest BCUT2D eigenvalue weighted by Crippen LogP contribution is -2.41. The van der Waals surface area contributed by atoms with Gasteiger partial charge in [0.1, 0.15) is 11.9 Å². The zero-order valence-electron chi connectivity index (χ0n) is 13.8. The molecule has 8 heteroatoms. The highest BCUT2D eigenvalue weighted by Gasteiger charge is 2.26. The van der Waals surface area contributed by atoms with Gasteiger partial charge in [0.2, 0.25) is 10.0 Å². The first-order valence-electron chi connectivity index (χ1n) is 7.97. The van der Waals surface area contributed by atoms with E-state index in [1.54, 1.807) is 6.20 Å². The normalized spacial score (nSPS) is 17.1. The molecule has 2 aromatic rings. The topological polar surface area (TPSA) is 81.6 Å². The number of ether oxygens (including phenoxy) is 2. The largest absolute Gasteiger partial charge is 0.494 e. The fraction of sp³-hybridized carbons (Fsp3) is 0.500. The van der Waals surface area contributed by atoms with Gasteiger partial charge < -0.3 is 9.47 Å². The van der Waals surface area contributed by atoms with E-state index >= 15 is 0 Å². The Kier molecular flexibility index (Phi) is 4.86. The zero-order valence-corrected chi connectivity index (χ0v) is 14.6. The number of sulfonamides is 1.